The Morgan fingerprint density at radius 2 is 2.04 bits per heavy atom. The molecule has 28 heavy (non-hydrogen) atoms. The van der Waals surface area contributed by atoms with Gasteiger partial charge in [0.1, 0.15) is 11.6 Å². The molecule has 0 aliphatic rings. The molecule has 1 amide bonds. The predicted octanol–water partition coefficient (Wildman–Crippen LogP) is 3.85. The van der Waals surface area contributed by atoms with Crippen LogP contribution in [0, 0.1) is 6.92 Å². The summed E-state index contributed by atoms with van der Waals surface area (Å²) in [6.45, 7) is 2.02. The van der Waals surface area contributed by atoms with Gasteiger partial charge in [0.15, 0.2) is 5.69 Å². The van der Waals surface area contributed by atoms with Gasteiger partial charge in [0.05, 0.1) is 23.2 Å². The summed E-state index contributed by atoms with van der Waals surface area (Å²) in [7, 11) is 1.56. The summed E-state index contributed by atoms with van der Waals surface area (Å²) in [6, 6.07) is 15.7. The number of hydrogen-bond acceptors (Lipinski definition) is 5. The number of benzene rings is 2. The number of anilines is 1. The average molecular weight is 376 g/mol. The molecule has 0 atom stereocenters. The fraction of sp³-hybridized carbons (Fsp3) is 0.190. The number of fused-ring (bicyclic) bond motifs is 1. The fourth-order valence-corrected chi connectivity index (χ4v) is 3.09. The summed E-state index contributed by atoms with van der Waals surface area (Å²) < 4.78 is 10.3. The van der Waals surface area contributed by atoms with Crippen LogP contribution in [-0.2, 0) is 17.8 Å². The number of aryl methyl sites for hydroxylation is 1. The van der Waals surface area contributed by atoms with Crippen molar-refractivity contribution in [2.75, 3.05) is 12.4 Å². The van der Waals surface area contributed by atoms with Crippen LogP contribution >= 0.6 is 0 Å². The third-order valence-corrected chi connectivity index (χ3v) is 4.49. The number of nitrogens with one attached hydrogen (secondary N) is 2. The van der Waals surface area contributed by atoms with Crippen molar-refractivity contribution in [1.82, 2.24) is 15.1 Å². The number of carbonyl (C=O) groups is 1. The lowest BCUT2D eigenvalue weighted by atomic mass is 10.1. The summed E-state index contributed by atoms with van der Waals surface area (Å²) in [5.41, 5.74) is 4.42. The first-order valence-corrected chi connectivity index (χ1v) is 8.92. The van der Waals surface area contributed by atoms with Gasteiger partial charge in [-0.2, -0.15) is 0 Å². The molecular formula is C21H20N4O3. The smallest absolute Gasteiger partial charge is 0.278 e. The van der Waals surface area contributed by atoms with Crippen molar-refractivity contribution in [3.63, 3.8) is 0 Å². The highest BCUT2D eigenvalue weighted by atomic mass is 16.5. The Hall–Kier alpha value is -3.45. The zero-order chi connectivity index (χ0) is 19.5. The van der Waals surface area contributed by atoms with Crippen LogP contribution in [0.25, 0.3) is 11.0 Å². The van der Waals surface area contributed by atoms with Gasteiger partial charge in [-0.3, -0.25) is 4.79 Å². The molecule has 2 aromatic carbocycles. The van der Waals surface area contributed by atoms with Gasteiger partial charge in [-0.25, -0.2) is 4.98 Å². The van der Waals surface area contributed by atoms with Gasteiger partial charge in [-0.15, -0.1) is 0 Å². The highest BCUT2D eigenvalue weighted by Crippen LogP contribution is 2.21. The van der Waals surface area contributed by atoms with Gasteiger partial charge in [-0.05, 0) is 30.7 Å². The molecule has 0 fully saturated rings. The Balaban J connectivity index is 1.54. The van der Waals surface area contributed by atoms with Gasteiger partial charge in [-0.1, -0.05) is 35.5 Å². The summed E-state index contributed by atoms with van der Waals surface area (Å²) in [6.07, 6.45) is 0.718. The molecule has 2 N–H and O–H groups in total. The number of imidazole rings is 1. The summed E-state index contributed by atoms with van der Waals surface area (Å²) >= 11 is 0. The zero-order valence-corrected chi connectivity index (χ0v) is 15.7. The molecule has 0 saturated heterocycles. The van der Waals surface area contributed by atoms with Gasteiger partial charge in [0.2, 0.25) is 0 Å². The van der Waals surface area contributed by atoms with Crippen molar-refractivity contribution in [2.24, 2.45) is 0 Å². The Kier molecular flexibility index (Phi) is 4.90. The lowest BCUT2D eigenvalue weighted by Gasteiger charge is -2.04. The molecule has 0 radical (unpaired) electrons. The van der Waals surface area contributed by atoms with Gasteiger partial charge in [0.25, 0.3) is 5.91 Å². The van der Waals surface area contributed by atoms with Crippen LogP contribution in [0.4, 0.5) is 5.69 Å². The molecule has 0 saturated carbocycles. The fourth-order valence-electron chi connectivity index (χ4n) is 3.09. The van der Waals surface area contributed by atoms with Gasteiger partial charge in [0, 0.05) is 19.2 Å². The van der Waals surface area contributed by atoms with E-state index in [4.69, 9.17) is 9.26 Å². The Labute approximate surface area is 161 Å². The standard InChI is InChI=1S/C21H20N4O3/c1-13-16(12-27-2)20(25-28-13)21(26)22-15-8-9-17-18(11-15)24-19(23-17)10-14-6-4-3-5-7-14/h3-9,11H,10,12H2,1-2H3,(H,22,26)(H,23,24). The van der Waals surface area contributed by atoms with E-state index in [9.17, 15) is 4.79 Å². The second-order valence-electron chi connectivity index (χ2n) is 6.53. The van der Waals surface area contributed by atoms with Crippen molar-refractivity contribution in [3.05, 3.63) is 76.9 Å². The number of methoxy groups -OCH3 is 1. The molecule has 0 spiro atoms. The van der Waals surface area contributed by atoms with E-state index in [1.165, 1.54) is 5.56 Å². The monoisotopic (exact) mass is 376 g/mol. The van der Waals surface area contributed by atoms with Gasteiger partial charge >= 0.3 is 0 Å². The van der Waals surface area contributed by atoms with E-state index in [1.54, 1.807) is 14.0 Å². The van der Waals surface area contributed by atoms with Crippen LogP contribution in [0.5, 0.6) is 0 Å². The summed E-state index contributed by atoms with van der Waals surface area (Å²) in [5.74, 6) is 1.10. The molecule has 4 rings (SSSR count). The van der Waals surface area contributed by atoms with Crippen molar-refractivity contribution in [1.29, 1.82) is 0 Å². The highest BCUT2D eigenvalue weighted by Gasteiger charge is 2.20. The summed E-state index contributed by atoms with van der Waals surface area (Å²) in [5, 5.41) is 6.71. The first-order valence-electron chi connectivity index (χ1n) is 8.92. The minimum absolute atomic E-state index is 0.230. The topological polar surface area (TPSA) is 93.0 Å². The number of H-pyrrole nitrogens is 1. The largest absolute Gasteiger partial charge is 0.380 e. The number of aromatic nitrogens is 3. The van der Waals surface area contributed by atoms with Crippen molar-refractivity contribution >= 4 is 22.6 Å². The molecule has 0 aliphatic heterocycles. The van der Waals surface area contributed by atoms with E-state index in [0.717, 1.165) is 23.3 Å². The molecule has 2 heterocycles. The Morgan fingerprint density at radius 3 is 2.82 bits per heavy atom. The predicted molar refractivity (Wildman–Crippen MR) is 105 cm³/mol. The zero-order valence-electron chi connectivity index (χ0n) is 15.7. The van der Waals surface area contributed by atoms with Gasteiger partial charge < -0.3 is 19.6 Å². The molecule has 142 valence electrons. The molecular weight excluding hydrogens is 356 g/mol. The second kappa shape index (κ2) is 7.66. The molecule has 0 bridgehead atoms. The van der Waals surface area contributed by atoms with Crippen LogP contribution in [0.3, 0.4) is 0 Å². The molecule has 0 aliphatic carbocycles. The van der Waals surface area contributed by atoms with Crippen LogP contribution < -0.4 is 5.32 Å². The quantitative estimate of drug-likeness (QED) is 0.533. The average Bonchev–Trinajstić information content (AvgIpc) is 3.26. The molecule has 0 unspecified atom stereocenters. The minimum atomic E-state index is -0.340. The number of ether oxygens (including phenoxy) is 1. The number of aromatic amines is 1. The molecule has 4 aromatic rings. The maximum atomic E-state index is 12.6. The van der Waals surface area contributed by atoms with E-state index in [-0.39, 0.29) is 18.2 Å². The Bertz CT molecular complexity index is 1120. The van der Waals surface area contributed by atoms with E-state index < -0.39 is 0 Å². The highest BCUT2D eigenvalue weighted by molar-refractivity contribution is 6.04. The summed E-state index contributed by atoms with van der Waals surface area (Å²) in [4.78, 5) is 20.5. The van der Waals surface area contributed by atoms with Crippen molar-refractivity contribution in [3.8, 4) is 0 Å². The lowest BCUT2D eigenvalue weighted by Crippen LogP contribution is -2.14. The maximum absolute atomic E-state index is 12.6. The van der Waals surface area contributed by atoms with Crippen LogP contribution in [-0.4, -0.2) is 28.1 Å². The SMILES string of the molecule is COCc1c(C(=O)Nc2ccc3nc(Cc4ccccc4)[nH]c3c2)noc1C. The minimum Gasteiger partial charge on any atom is -0.380 e. The number of carbonyl (C=O) groups excluding carboxylic acids is 1. The normalized spacial score (nSPS) is 11.1. The maximum Gasteiger partial charge on any atom is 0.278 e. The second-order valence-corrected chi connectivity index (χ2v) is 6.53. The number of amides is 1. The first-order chi connectivity index (χ1) is 13.6. The third kappa shape index (κ3) is 3.65. The van der Waals surface area contributed by atoms with E-state index in [0.29, 0.717) is 17.0 Å². The van der Waals surface area contributed by atoms with Crippen LogP contribution in [0.1, 0.15) is 33.2 Å². The third-order valence-electron chi connectivity index (χ3n) is 4.49. The van der Waals surface area contributed by atoms with E-state index in [1.807, 2.05) is 36.4 Å². The molecule has 7 heteroatoms. The van der Waals surface area contributed by atoms with E-state index >= 15 is 0 Å². The Morgan fingerprint density at radius 1 is 1.21 bits per heavy atom. The van der Waals surface area contributed by atoms with Crippen molar-refractivity contribution in [2.45, 2.75) is 20.0 Å². The van der Waals surface area contributed by atoms with Crippen LogP contribution in [0.2, 0.25) is 0 Å². The molecule has 7 nitrogen and oxygen atoms in total. The van der Waals surface area contributed by atoms with Crippen LogP contribution in [0.15, 0.2) is 53.1 Å². The number of nitrogens with zero attached hydrogens (tertiary/aromatic N) is 2. The molecule has 2 aromatic heterocycles. The number of hydrogen-bond donors (Lipinski definition) is 2. The lowest BCUT2D eigenvalue weighted by molar-refractivity contribution is 0.101. The first kappa shape index (κ1) is 17.9. The van der Waals surface area contributed by atoms with E-state index in [2.05, 4.69) is 32.6 Å². The number of rotatable bonds is 6. The van der Waals surface area contributed by atoms with Crippen molar-refractivity contribution < 1.29 is 14.1 Å².